The number of rotatable bonds is 6. The second-order valence-corrected chi connectivity index (χ2v) is 6.27. The van der Waals surface area contributed by atoms with Gasteiger partial charge >= 0.3 is 5.97 Å². The Morgan fingerprint density at radius 1 is 0.929 bits per heavy atom. The second-order valence-electron chi connectivity index (χ2n) is 5.86. The zero-order valence-electron chi connectivity index (χ0n) is 15.0. The van der Waals surface area contributed by atoms with Gasteiger partial charge < -0.3 is 10.1 Å². The fourth-order valence-electron chi connectivity index (χ4n) is 2.35. The van der Waals surface area contributed by atoms with Gasteiger partial charge in [0, 0.05) is 6.54 Å². The number of esters is 1. The first-order valence-corrected chi connectivity index (χ1v) is 9.10. The van der Waals surface area contributed by atoms with E-state index in [4.69, 9.17) is 17.0 Å². The van der Waals surface area contributed by atoms with Gasteiger partial charge in [-0.25, -0.2) is 4.79 Å². The maximum Gasteiger partial charge on any atom is 0.343 e. The topological polar surface area (TPSA) is 62.7 Å². The number of hydrogen-bond acceptors (Lipinski definition) is 4. The first kappa shape index (κ1) is 19.3. The van der Waals surface area contributed by atoms with E-state index in [1.165, 1.54) is 0 Å². The molecule has 3 aromatic rings. The number of carbonyl (C=O) groups excluding carboxylic acids is 1. The van der Waals surface area contributed by atoms with E-state index in [-0.39, 0.29) is 0 Å². The molecule has 0 heterocycles. The Bertz CT molecular complexity index is 943. The molecule has 0 bridgehead atoms. The van der Waals surface area contributed by atoms with Gasteiger partial charge in [-0.2, -0.15) is 5.10 Å². The summed E-state index contributed by atoms with van der Waals surface area (Å²) in [5.41, 5.74) is 5.26. The summed E-state index contributed by atoms with van der Waals surface area (Å²) in [7, 11) is 0. The average molecular weight is 389 g/mol. The Balaban J connectivity index is 1.46. The lowest BCUT2D eigenvalue weighted by Crippen LogP contribution is -2.31. The van der Waals surface area contributed by atoms with Gasteiger partial charge in [0.25, 0.3) is 0 Å². The van der Waals surface area contributed by atoms with Crippen LogP contribution in [0.4, 0.5) is 0 Å². The summed E-state index contributed by atoms with van der Waals surface area (Å²) in [6, 6.07) is 25.9. The zero-order chi connectivity index (χ0) is 19.6. The molecule has 0 fully saturated rings. The van der Waals surface area contributed by atoms with E-state index in [2.05, 4.69) is 15.8 Å². The lowest BCUT2D eigenvalue weighted by molar-refractivity contribution is 0.0735. The number of hydrogen-bond donors (Lipinski definition) is 2. The monoisotopic (exact) mass is 389 g/mol. The highest BCUT2D eigenvalue weighted by Crippen LogP contribution is 2.13. The zero-order valence-corrected chi connectivity index (χ0v) is 15.9. The smallest absolute Gasteiger partial charge is 0.343 e. The van der Waals surface area contributed by atoms with Crippen molar-refractivity contribution in [2.45, 2.75) is 6.54 Å². The SMILES string of the molecule is O=C(Oc1ccc(/C=N/NC(=S)NCc2ccccc2)cc1)c1ccccc1. The van der Waals surface area contributed by atoms with Crippen molar-refractivity contribution in [2.24, 2.45) is 5.10 Å². The minimum atomic E-state index is -0.390. The summed E-state index contributed by atoms with van der Waals surface area (Å²) < 4.78 is 5.34. The van der Waals surface area contributed by atoms with Crippen LogP contribution < -0.4 is 15.5 Å². The molecule has 2 N–H and O–H groups in total. The number of hydrazone groups is 1. The fraction of sp³-hybridized carbons (Fsp3) is 0.0455. The lowest BCUT2D eigenvalue weighted by atomic mass is 10.2. The van der Waals surface area contributed by atoms with Gasteiger partial charge in [-0.3, -0.25) is 5.43 Å². The van der Waals surface area contributed by atoms with E-state index < -0.39 is 5.97 Å². The summed E-state index contributed by atoms with van der Waals surface area (Å²) >= 11 is 5.19. The maximum atomic E-state index is 12.0. The quantitative estimate of drug-likeness (QED) is 0.220. The molecule has 0 saturated carbocycles. The van der Waals surface area contributed by atoms with Gasteiger partial charge in [0.1, 0.15) is 5.75 Å². The fourth-order valence-corrected chi connectivity index (χ4v) is 2.47. The molecule has 5 nitrogen and oxygen atoms in total. The molecule has 0 aliphatic heterocycles. The number of nitrogens with zero attached hydrogens (tertiary/aromatic N) is 1. The molecule has 140 valence electrons. The van der Waals surface area contributed by atoms with Crippen molar-refractivity contribution in [3.05, 3.63) is 102 Å². The van der Waals surface area contributed by atoms with Crippen LogP contribution in [0.2, 0.25) is 0 Å². The highest BCUT2D eigenvalue weighted by Gasteiger charge is 2.07. The molecule has 0 radical (unpaired) electrons. The molecule has 6 heteroatoms. The van der Waals surface area contributed by atoms with E-state index in [9.17, 15) is 4.79 Å². The van der Waals surface area contributed by atoms with Gasteiger partial charge in [-0.1, -0.05) is 48.5 Å². The summed E-state index contributed by atoms with van der Waals surface area (Å²) in [5, 5.41) is 7.62. The van der Waals surface area contributed by atoms with E-state index in [0.29, 0.717) is 23.0 Å². The van der Waals surface area contributed by atoms with Crippen LogP contribution in [0.25, 0.3) is 0 Å². The molecular weight excluding hydrogens is 370 g/mol. The Labute approximate surface area is 169 Å². The summed E-state index contributed by atoms with van der Waals surface area (Å²) in [6.07, 6.45) is 1.64. The summed E-state index contributed by atoms with van der Waals surface area (Å²) in [6.45, 7) is 0.629. The summed E-state index contributed by atoms with van der Waals surface area (Å²) in [4.78, 5) is 12.0. The van der Waals surface area contributed by atoms with Crippen LogP contribution in [0.1, 0.15) is 21.5 Å². The first-order chi connectivity index (χ1) is 13.7. The maximum absolute atomic E-state index is 12.0. The minimum absolute atomic E-state index is 0.390. The summed E-state index contributed by atoms with van der Waals surface area (Å²) in [5.74, 6) is 0.0810. The molecule has 0 amide bonds. The normalized spacial score (nSPS) is 10.4. The van der Waals surface area contributed by atoms with Crippen molar-refractivity contribution in [1.29, 1.82) is 0 Å². The molecule has 3 aromatic carbocycles. The number of carbonyl (C=O) groups is 1. The predicted molar refractivity (Wildman–Crippen MR) is 114 cm³/mol. The third kappa shape index (κ3) is 6.03. The highest BCUT2D eigenvalue weighted by molar-refractivity contribution is 7.80. The molecule has 0 aliphatic rings. The highest BCUT2D eigenvalue weighted by atomic mass is 32.1. The van der Waals surface area contributed by atoms with Crippen molar-refractivity contribution in [3.63, 3.8) is 0 Å². The Hall–Kier alpha value is -3.51. The molecule has 3 rings (SSSR count). The van der Waals surface area contributed by atoms with Crippen LogP contribution in [-0.2, 0) is 6.54 Å². The molecule has 0 aromatic heterocycles. The van der Waals surface area contributed by atoms with Crippen molar-refractivity contribution in [3.8, 4) is 5.75 Å². The van der Waals surface area contributed by atoms with Crippen molar-refractivity contribution >= 4 is 29.5 Å². The van der Waals surface area contributed by atoms with Gasteiger partial charge in [-0.15, -0.1) is 0 Å². The van der Waals surface area contributed by atoms with Crippen LogP contribution in [0.5, 0.6) is 5.75 Å². The second kappa shape index (κ2) is 9.99. The van der Waals surface area contributed by atoms with E-state index >= 15 is 0 Å². The number of benzene rings is 3. The van der Waals surface area contributed by atoms with Crippen molar-refractivity contribution in [1.82, 2.24) is 10.7 Å². The standard InChI is InChI=1S/C22H19N3O2S/c26-21(19-9-5-2-6-10-19)27-20-13-11-18(12-14-20)16-24-25-22(28)23-15-17-7-3-1-4-8-17/h1-14,16H,15H2,(H2,23,25,28)/b24-16+. The lowest BCUT2D eigenvalue weighted by Gasteiger charge is -2.07. The molecular formula is C22H19N3O2S. The predicted octanol–water partition coefficient (Wildman–Crippen LogP) is 3.90. The minimum Gasteiger partial charge on any atom is -0.423 e. The Morgan fingerprint density at radius 3 is 2.25 bits per heavy atom. The largest absolute Gasteiger partial charge is 0.423 e. The van der Waals surface area contributed by atoms with Crippen LogP contribution in [0.3, 0.4) is 0 Å². The molecule has 0 spiro atoms. The molecule has 0 aliphatic carbocycles. The molecule has 0 saturated heterocycles. The van der Waals surface area contributed by atoms with Crippen molar-refractivity contribution < 1.29 is 9.53 Å². The number of thiocarbonyl (C=S) groups is 1. The Morgan fingerprint density at radius 2 is 1.57 bits per heavy atom. The Kier molecular flexibility index (Phi) is 6.87. The number of nitrogens with one attached hydrogen (secondary N) is 2. The molecule has 0 atom stereocenters. The first-order valence-electron chi connectivity index (χ1n) is 8.69. The van der Waals surface area contributed by atoms with Crippen LogP contribution in [0.15, 0.2) is 90.0 Å². The van der Waals surface area contributed by atoms with Gasteiger partial charge in [0.05, 0.1) is 11.8 Å². The van der Waals surface area contributed by atoms with Gasteiger partial charge in [-0.05, 0) is 59.7 Å². The van der Waals surface area contributed by atoms with Gasteiger partial charge in [0.15, 0.2) is 5.11 Å². The van der Waals surface area contributed by atoms with E-state index in [0.717, 1.165) is 11.1 Å². The average Bonchev–Trinajstić information content (AvgIpc) is 2.75. The van der Waals surface area contributed by atoms with E-state index in [1.54, 1.807) is 54.7 Å². The molecule has 0 unspecified atom stereocenters. The third-order valence-electron chi connectivity index (χ3n) is 3.78. The van der Waals surface area contributed by atoms with Crippen LogP contribution in [-0.4, -0.2) is 17.3 Å². The third-order valence-corrected chi connectivity index (χ3v) is 4.01. The van der Waals surface area contributed by atoms with Crippen LogP contribution >= 0.6 is 12.2 Å². The van der Waals surface area contributed by atoms with Crippen molar-refractivity contribution in [2.75, 3.05) is 0 Å². The number of ether oxygens (including phenoxy) is 1. The van der Waals surface area contributed by atoms with E-state index in [1.807, 2.05) is 36.4 Å². The van der Waals surface area contributed by atoms with Crippen LogP contribution in [0, 0.1) is 0 Å². The molecule has 28 heavy (non-hydrogen) atoms. The van der Waals surface area contributed by atoms with Gasteiger partial charge in [0.2, 0.25) is 0 Å².